The number of rotatable bonds is 3. The molecule has 1 heteroatoms. The summed E-state index contributed by atoms with van der Waals surface area (Å²) < 4.78 is 0. The molecule has 7 aromatic rings. The first-order valence-corrected chi connectivity index (χ1v) is 13.2. The van der Waals surface area contributed by atoms with Gasteiger partial charge in [-0.05, 0) is 86.3 Å². The Morgan fingerprint density at radius 3 is 1.71 bits per heavy atom. The van der Waals surface area contributed by atoms with E-state index in [9.17, 15) is 0 Å². The van der Waals surface area contributed by atoms with Crippen molar-refractivity contribution in [3.8, 4) is 44.5 Å². The zero-order valence-electron chi connectivity index (χ0n) is 20.9. The van der Waals surface area contributed by atoms with Gasteiger partial charge >= 0.3 is 0 Å². The van der Waals surface area contributed by atoms with Crippen molar-refractivity contribution in [1.82, 2.24) is 4.98 Å². The van der Waals surface area contributed by atoms with Crippen molar-refractivity contribution >= 4 is 21.8 Å². The van der Waals surface area contributed by atoms with Crippen molar-refractivity contribution in [3.05, 3.63) is 145 Å². The Hall–Kier alpha value is -4.88. The van der Waals surface area contributed by atoms with Gasteiger partial charge in [-0.3, -0.25) is 0 Å². The average Bonchev–Trinajstić information content (AvgIpc) is 3.55. The van der Waals surface area contributed by atoms with Gasteiger partial charge in [-0.2, -0.15) is 0 Å². The highest BCUT2D eigenvalue weighted by atomic mass is 14.7. The summed E-state index contributed by atoms with van der Waals surface area (Å²) in [5.74, 6) is 0. The largest absolute Gasteiger partial charge is 0.355 e. The van der Waals surface area contributed by atoms with Crippen LogP contribution in [0.5, 0.6) is 0 Å². The van der Waals surface area contributed by atoms with Gasteiger partial charge in [0.25, 0.3) is 0 Å². The Labute approximate surface area is 222 Å². The maximum absolute atomic E-state index is 3.56. The quantitative estimate of drug-likeness (QED) is 0.257. The van der Waals surface area contributed by atoms with E-state index < -0.39 is 0 Å². The topological polar surface area (TPSA) is 15.8 Å². The van der Waals surface area contributed by atoms with Crippen LogP contribution in [0.25, 0.3) is 66.3 Å². The summed E-state index contributed by atoms with van der Waals surface area (Å²) in [6, 6.07) is 48.8. The van der Waals surface area contributed by atoms with Crippen LogP contribution in [0, 0.1) is 0 Å². The summed E-state index contributed by atoms with van der Waals surface area (Å²) in [4.78, 5) is 3.56. The molecule has 0 radical (unpaired) electrons. The fraction of sp³-hybridized carbons (Fsp3) is 0.0270. The van der Waals surface area contributed by atoms with E-state index in [0.29, 0.717) is 0 Å². The molecule has 0 unspecified atom stereocenters. The Kier molecular flexibility index (Phi) is 4.65. The van der Waals surface area contributed by atoms with Crippen molar-refractivity contribution < 1.29 is 0 Å². The van der Waals surface area contributed by atoms with Crippen LogP contribution in [0.4, 0.5) is 0 Å². The van der Waals surface area contributed by atoms with Crippen LogP contribution in [0.1, 0.15) is 11.1 Å². The number of hydrogen-bond acceptors (Lipinski definition) is 0. The van der Waals surface area contributed by atoms with Crippen molar-refractivity contribution in [2.45, 2.75) is 6.42 Å². The molecule has 178 valence electrons. The fourth-order valence-corrected chi connectivity index (χ4v) is 6.25. The summed E-state index contributed by atoms with van der Waals surface area (Å²) in [7, 11) is 0. The number of benzene rings is 6. The number of aromatic nitrogens is 1. The smallest absolute Gasteiger partial charge is 0.0465 e. The maximum atomic E-state index is 3.56. The Morgan fingerprint density at radius 2 is 0.921 bits per heavy atom. The van der Waals surface area contributed by atoms with Crippen molar-refractivity contribution in [1.29, 1.82) is 0 Å². The number of H-pyrrole nitrogens is 1. The molecule has 0 amide bonds. The fourth-order valence-electron chi connectivity index (χ4n) is 6.25. The standard InChI is InChI=1S/C37H25N/c1-2-12-30-24(9-1)21-25-17-18-26(22-34(25)30)28-10-3-5-13-31(28)32-14-6-4-11-29(32)27-19-20-37-35(23-27)33-15-7-8-16-36(33)38-37/h1-20,22-23,38H,21H2. The van der Waals surface area contributed by atoms with E-state index in [4.69, 9.17) is 0 Å². The molecule has 0 bridgehead atoms. The lowest BCUT2D eigenvalue weighted by Gasteiger charge is -2.16. The van der Waals surface area contributed by atoms with Crippen molar-refractivity contribution in [3.63, 3.8) is 0 Å². The zero-order valence-corrected chi connectivity index (χ0v) is 20.9. The van der Waals surface area contributed by atoms with Crippen LogP contribution in [-0.4, -0.2) is 4.98 Å². The average molecular weight is 484 g/mol. The number of aromatic amines is 1. The van der Waals surface area contributed by atoms with Gasteiger partial charge in [0.05, 0.1) is 0 Å². The van der Waals surface area contributed by atoms with E-state index in [1.54, 1.807) is 0 Å². The minimum atomic E-state index is 1.02. The lowest BCUT2D eigenvalue weighted by atomic mass is 9.88. The third-order valence-electron chi connectivity index (χ3n) is 8.07. The number of nitrogens with one attached hydrogen (secondary N) is 1. The summed E-state index contributed by atoms with van der Waals surface area (Å²) in [6.07, 6.45) is 1.02. The van der Waals surface area contributed by atoms with Gasteiger partial charge in [-0.1, -0.05) is 109 Å². The van der Waals surface area contributed by atoms with Gasteiger partial charge in [0.2, 0.25) is 0 Å². The molecule has 1 nitrogen and oxygen atoms in total. The summed E-state index contributed by atoms with van der Waals surface area (Å²) in [5, 5.41) is 2.53. The molecule has 6 aromatic carbocycles. The van der Waals surface area contributed by atoms with Gasteiger partial charge in [0.1, 0.15) is 0 Å². The van der Waals surface area contributed by atoms with E-state index in [1.807, 2.05) is 0 Å². The van der Waals surface area contributed by atoms with E-state index in [0.717, 1.165) is 6.42 Å². The zero-order chi connectivity index (χ0) is 25.1. The third-order valence-corrected chi connectivity index (χ3v) is 8.07. The van der Waals surface area contributed by atoms with Crippen molar-refractivity contribution in [2.24, 2.45) is 0 Å². The second-order valence-corrected chi connectivity index (χ2v) is 10.2. The second kappa shape index (κ2) is 8.33. The highest BCUT2D eigenvalue weighted by Gasteiger charge is 2.20. The molecule has 1 N–H and O–H groups in total. The van der Waals surface area contributed by atoms with E-state index in [2.05, 4.69) is 138 Å². The first-order chi connectivity index (χ1) is 18.8. The molecule has 0 aliphatic heterocycles. The van der Waals surface area contributed by atoms with Crippen LogP contribution in [0.2, 0.25) is 0 Å². The molecule has 1 aliphatic rings. The van der Waals surface area contributed by atoms with Crippen LogP contribution in [0.15, 0.2) is 133 Å². The van der Waals surface area contributed by atoms with Gasteiger partial charge in [0, 0.05) is 21.8 Å². The molecule has 1 aromatic heterocycles. The molecule has 1 heterocycles. The Bertz CT molecular complexity index is 2010. The van der Waals surface area contributed by atoms with Gasteiger partial charge in [-0.15, -0.1) is 0 Å². The predicted molar refractivity (Wildman–Crippen MR) is 160 cm³/mol. The molecule has 0 saturated carbocycles. The highest BCUT2D eigenvalue weighted by Crippen LogP contribution is 2.43. The SMILES string of the molecule is c1ccc2c(c1)Cc1ccc(-c3ccccc3-c3ccccc3-c3ccc4[nH]c5ccccc5c4c3)cc1-2. The highest BCUT2D eigenvalue weighted by molar-refractivity contribution is 6.09. The van der Waals surface area contributed by atoms with Crippen LogP contribution >= 0.6 is 0 Å². The van der Waals surface area contributed by atoms with E-state index >= 15 is 0 Å². The molecule has 0 saturated heterocycles. The van der Waals surface area contributed by atoms with Crippen LogP contribution < -0.4 is 0 Å². The maximum Gasteiger partial charge on any atom is 0.0465 e. The van der Waals surface area contributed by atoms with E-state index in [-0.39, 0.29) is 0 Å². The summed E-state index contributed by atoms with van der Waals surface area (Å²) in [5.41, 5.74) is 15.4. The first kappa shape index (κ1) is 21.2. The molecule has 0 fully saturated rings. The number of para-hydroxylation sites is 1. The lowest BCUT2D eigenvalue weighted by Crippen LogP contribution is -1.90. The van der Waals surface area contributed by atoms with Crippen LogP contribution in [0.3, 0.4) is 0 Å². The normalized spacial score (nSPS) is 12.1. The lowest BCUT2D eigenvalue weighted by molar-refractivity contribution is 1.26. The number of fused-ring (bicyclic) bond motifs is 6. The molecule has 38 heavy (non-hydrogen) atoms. The summed E-state index contributed by atoms with van der Waals surface area (Å²) >= 11 is 0. The molecule has 8 rings (SSSR count). The molecule has 1 aliphatic carbocycles. The van der Waals surface area contributed by atoms with Gasteiger partial charge < -0.3 is 4.98 Å². The Morgan fingerprint density at radius 1 is 0.368 bits per heavy atom. The molecule has 0 spiro atoms. The van der Waals surface area contributed by atoms with E-state index in [1.165, 1.54) is 77.4 Å². The van der Waals surface area contributed by atoms with Crippen molar-refractivity contribution in [2.75, 3.05) is 0 Å². The van der Waals surface area contributed by atoms with Gasteiger partial charge in [-0.25, -0.2) is 0 Å². The summed E-state index contributed by atoms with van der Waals surface area (Å²) in [6.45, 7) is 0. The monoisotopic (exact) mass is 483 g/mol. The van der Waals surface area contributed by atoms with Crippen LogP contribution in [-0.2, 0) is 6.42 Å². The predicted octanol–water partition coefficient (Wildman–Crippen LogP) is 9.89. The van der Waals surface area contributed by atoms with Gasteiger partial charge in [0.15, 0.2) is 0 Å². The minimum absolute atomic E-state index is 1.02. The molecular weight excluding hydrogens is 458 g/mol. The Balaban J connectivity index is 1.29. The number of hydrogen-bond donors (Lipinski definition) is 1. The molecular formula is C37H25N. The third kappa shape index (κ3) is 3.26. The minimum Gasteiger partial charge on any atom is -0.355 e. The second-order valence-electron chi connectivity index (χ2n) is 10.2. The molecule has 0 atom stereocenters. The first-order valence-electron chi connectivity index (χ1n) is 13.2.